The first-order valence-corrected chi connectivity index (χ1v) is 35.3. The second-order valence-corrected chi connectivity index (χ2v) is 27.3. The molecule has 86 heavy (non-hydrogen) atoms. The van der Waals surface area contributed by atoms with Crippen molar-refractivity contribution < 1.29 is 34.3 Å². The van der Waals surface area contributed by atoms with Crippen LogP contribution in [0, 0.1) is 11.6 Å². The topological polar surface area (TPSA) is 58.9 Å². The van der Waals surface area contributed by atoms with Crippen molar-refractivity contribution in [3.05, 3.63) is 347 Å². The Hall–Kier alpha value is -6.37. The molecule has 0 aliphatic carbocycles. The Balaban J connectivity index is 0.000000160. The van der Waals surface area contributed by atoms with Crippen molar-refractivity contribution in [3.63, 3.8) is 0 Å². The van der Waals surface area contributed by atoms with Crippen LogP contribution in [0.4, 0.5) is 8.78 Å². The number of carbonyl (C=O) groups is 2. The molecule has 0 bridgehead atoms. The SMILES string of the molecule is C=C.C=CC1=NCc2cc(CC(=O)c3c(F)cccc3Cl)ccc21.O=C(Cc1ccc2c(c1)CN=C2I)c1c(F)cccc1Cl.[Cl][Pd][Cl].c1ccc(P(c2ccccc2)c2ccccc2)cc1.c1ccc(P(c2ccccc2)c2ccccc2)cc1. The summed E-state index contributed by atoms with van der Waals surface area (Å²) in [6, 6.07) is 84.7. The number of ketones is 2. The fraction of sp³-hybridized carbons (Fsp3) is 0.0556. The monoisotopic (exact) mass is 1450 g/mol. The van der Waals surface area contributed by atoms with Gasteiger partial charge in [-0.2, -0.15) is 0 Å². The maximum absolute atomic E-state index is 13.8. The van der Waals surface area contributed by atoms with E-state index < -0.39 is 27.5 Å². The van der Waals surface area contributed by atoms with Crippen LogP contribution in [0.2, 0.25) is 10.0 Å². The van der Waals surface area contributed by atoms with Crippen LogP contribution in [-0.4, -0.2) is 21.0 Å². The fourth-order valence-corrected chi connectivity index (χ4v) is 15.2. The van der Waals surface area contributed by atoms with E-state index in [-0.39, 0.29) is 61.5 Å². The Morgan fingerprint density at radius 1 is 0.465 bits per heavy atom. The zero-order valence-electron chi connectivity index (χ0n) is 46.3. The van der Waals surface area contributed by atoms with E-state index in [1.807, 2.05) is 36.4 Å². The van der Waals surface area contributed by atoms with Gasteiger partial charge in [-0.3, -0.25) is 19.6 Å². The van der Waals surface area contributed by atoms with Crippen LogP contribution in [0.15, 0.2) is 291 Å². The van der Waals surface area contributed by atoms with E-state index in [0.29, 0.717) is 13.1 Å². The summed E-state index contributed by atoms with van der Waals surface area (Å²) in [4.78, 5) is 33.3. The van der Waals surface area contributed by atoms with E-state index >= 15 is 0 Å². The molecule has 0 saturated carbocycles. The van der Waals surface area contributed by atoms with Gasteiger partial charge < -0.3 is 0 Å². The number of carbonyl (C=O) groups excluding carboxylic acids is 2. The first-order chi connectivity index (χ1) is 42.0. The van der Waals surface area contributed by atoms with Gasteiger partial charge in [-0.1, -0.05) is 260 Å². The van der Waals surface area contributed by atoms with Crippen molar-refractivity contribution in [1.82, 2.24) is 0 Å². The second-order valence-electron chi connectivity index (χ2n) is 18.6. The molecule has 436 valence electrons. The number of Topliss-reactive ketones (excluding diaryl/α,β-unsaturated/α-hetero) is 2. The molecule has 0 N–H and O–H groups in total. The molecule has 0 unspecified atom stereocenters. The van der Waals surface area contributed by atoms with Gasteiger partial charge in [0.1, 0.15) is 15.4 Å². The molecule has 0 fully saturated rings. The number of nitrogens with zero attached hydrogens (tertiary/aromatic N) is 2. The van der Waals surface area contributed by atoms with Crippen molar-refractivity contribution in [1.29, 1.82) is 0 Å². The number of allylic oxidation sites excluding steroid dienone is 1. The number of rotatable bonds is 13. The number of hydrogen-bond donors (Lipinski definition) is 0. The first-order valence-electron chi connectivity index (χ1n) is 26.8. The predicted molar refractivity (Wildman–Crippen MR) is 370 cm³/mol. The summed E-state index contributed by atoms with van der Waals surface area (Å²) in [5.41, 5.74) is 6.75. The van der Waals surface area contributed by atoms with Crippen LogP contribution < -0.4 is 31.8 Å². The third-order valence-electron chi connectivity index (χ3n) is 13.1. The minimum Gasteiger partial charge on any atom is -0.0622 e. The molecule has 0 amide bonds. The molecule has 2 heterocycles. The molecule has 0 saturated heterocycles. The van der Waals surface area contributed by atoms with E-state index in [0.717, 1.165) is 42.8 Å². The molecule has 0 radical (unpaired) electrons. The number of halogens is 7. The van der Waals surface area contributed by atoms with Crippen LogP contribution in [0.1, 0.15) is 54.1 Å². The summed E-state index contributed by atoms with van der Waals surface area (Å²) in [5.74, 6) is -1.81. The molecular weight excluding hydrogens is 1400 g/mol. The largest absolute Gasteiger partial charge is 0.0622 e. The van der Waals surface area contributed by atoms with Gasteiger partial charge >= 0.3 is 35.0 Å². The summed E-state index contributed by atoms with van der Waals surface area (Å²) in [7, 11) is 8.74. The molecule has 2 aliphatic heterocycles. The van der Waals surface area contributed by atoms with Crippen molar-refractivity contribution in [3.8, 4) is 0 Å². The summed E-state index contributed by atoms with van der Waals surface area (Å²) in [5, 5.41) is 8.68. The minimum absolute atomic E-state index is 0.0366. The Kier molecular flexibility index (Phi) is 27.7. The molecule has 10 aromatic rings. The third kappa shape index (κ3) is 18.8. The zero-order chi connectivity index (χ0) is 61.2. The van der Waals surface area contributed by atoms with Crippen molar-refractivity contribution >= 4 is 134 Å². The summed E-state index contributed by atoms with van der Waals surface area (Å²) in [6.07, 6.45) is 1.96. The van der Waals surface area contributed by atoms with Crippen LogP contribution in [0.5, 0.6) is 0 Å². The molecule has 14 heteroatoms. The Morgan fingerprint density at radius 2 is 0.767 bits per heavy atom. The van der Waals surface area contributed by atoms with Crippen LogP contribution >= 0.6 is 80.7 Å². The summed E-state index contributed by atoms with van der Waals surface area (Å²) in [6.45, 7) is 10.9. The smallest absolute Gasteiger partial charge is 0.0134 e. The fourth-order valence-electron chi connectivity index (χ4n) is 9.33. The second kappa shape index (κ2) is 35.4. The van der Waals surface area contributed by atoms with Gasteiger partial charge in [-0.25, -0.2) is 8.78 Å². The van der Waals surface area contributed by atoms with Crippen molar-refractivity contribution in [2.24, 2.45) is 9.98 Å². The van der Waals surface area contributed by atoms with Gasteiger partial charge in [0.25, 0.3) is 0 Å². The third-order valence-corrected chi connectivity index (χ3v) is 19.6. The molecule has 10 aromatic carbocycles. The standard InChI is InChI=1S/C18H13ClFNO.2C18H15P.C16H10ClFINO.C2H4.2ClH.Pd/c1-2-16-13-7-6-11(8-12(13)10-21-16)9-17(22)18-14(19)4-3-5-15(18)20;2*1-4-10-16(11-5-1)19(17-12-6-2-7-13-17)18-14-8-3-9-15-18;17-12-2-1-3-13(18)15(12)14(21)7-9-4-5-11-10(6-9)8-20-16(11)19;1-2;;;/h2-8H,1,9-10H2;2*1-15H;1-6H,7-8H2;1-2H2;2*1H;/q;;;;;;;+2/p-2. The van der Waals surface area contributed by atoms with Gasteiger partial charge in [0, 0.05) is 24.0 Å². The maximum Gasteiger partial charge on any atom is -0.0134 e. The van der Waals surface area contributed by atoms with Gasteiger partial charge in [0.2, 0.25) is 0 Å². The van der Waals surface area contributed by atoms with E-state index in [1.165, 1.54) is 68.2 Å². The van der Waals surface area contributed by atoms with Crippen LogP contribution in [0.25, 0.3) is 0 Å². The van der Waals surface area contributed by atoms with Gasteiger partial charge in [0.15, 0.2) is 11.6 Å². The van der Waals surface area contributed by atoms with E-state index in [4.69, 9.17) is 42.3 Å². The summed E-state index contributed by atoms with van der Waals surface area (Å²) < 4.78 is 28.5. The number of fused-ring (bicyclic) bond motifs is 2. The Labute approximate surface area is 545 Å². The maximum atomic E-state index is 13.8. The average Bonchev–Trinajstić information content (AvgIpc) is 3.48. The van der Waals surface area contributed by atoms with E-state index in [9.17, 15) is 18.4 Å². The Bertz CT molecular complexity index is 3550. The predicted octanol–water partition coefficient (Wildman–Crippen LogP) is 18.1. The molecule has 12 rings (SSSR count). The number of aliphatic imine (C=N–C) groups is 2. The van der Waals surface area contributed by atoms with E-state index in [2.05, 4.69) is 234 Å². The molecule has 0 atom stereocenters. The van der Waals surface area contributed by atoms with Crippen molar-refractivity contribution in [2.75, 3.05) is 0 Å². The quantitative estimate of drug-likeness (QED) is 0.0380. The first kappa shape index (κ1) is 67.1. The molecule has 0 spiro atoms. The molecule has 0 aromatic heterocycles. The average molecular weight is 1460 g/mol. The number of hydrogen-bond acceptors (Lipinski definition) is 4. The molecule has 2 aliphatic rings. The molecular formula is C72H57Cl4F2IN2O2P2Pd. The van der Waals surface area contributed by atoms with Gasteiger partial charge in [0.05, 0.1) is 40.0 Å². The van der Waals surface area contributed by atoms with Gasteiger partial charge in [-0.15, -0.1) is 13.2 Å². The summed E-state index contributed by atoms with van der Waals surface area (Å²) >= 11 is 13.9. The van der Waals surface area contributed by atoms with Crippen LogP contribution in [-0.2, 0) is 41.9 Å². The normalized spacial score (nSPS) is 11.4. The zero-order valence-corrected chi connectivity index (χ0v) is 54.9. The van der Waals surface area contributed by atoms with Gasteiger partial charge in [-0.05, 0) is 123 Å². The number of benzene rings is 10. The Morgan fingerprint density at radius 3 is 1.08 bits per heavy atom. The van der Waals surface area contributed by atoms with Crippen molar-refractivity contribution in [2.45, 2.75) is 25.9 Å². The minimum atomic E-state index is -0.587. The van der Waals surface area contributed by atoms with E-state index in [1.54, 1.807) is 6.08 Å². The van der Waals surface area contributed by atoms with Crippen LogP contribution in [0.3, 0.4) is 0 Å². The molecule has 4 nitrogen and oxygen atoms in total.